The normalized spacial score (nSPS) is 14.6. The van der Waals surface area contributed by atoms with E-state index in [-0.39, 0.29) is 5.91 Å². The van der Waals surface area contributed by atoms with E-state index >= 15 is 0 Å². The van der Waals surface area contributed by atoms with Crippen molar-refractivity contribution in [3.05, 3.63) is 38.6 Å². The third kappa shape index (κ3) is 2.90. The van der Waals surface area contributed by atoms with Crippen LogP contribution < -0.4 is 0 Å². The van der Waals surface area contributed by atoms with E-state index in [4.69, 9.17) is 4.42 Å². The fraction of sp³-hybridized carbons (Fsp3) is 0.385. The molecule has 0 spiro atoms. The molecule has 0 saturated heterocycles. The van der Waals surface area contributed by atoms with Gasteiger partial charge in [0.25, 0.3) is 5.91 Å². The molecular weight excluding hydrogens is 328 g/mol. The Hall–Kier alpha value is -1.14. The zero-order valence-corrected chi connectivity index (χ0v) is 12.8. The van der Waals surface area contributed by atoms with Crippen molar-refractivity contribution in [3.63, 3.8) is 0 Å². The third-order valence-electron chi connectivity index (χ3n) is 3.03. The Morgan fingerprint density at radius 2 is 2.37 bits per heavy atom. The number of aryl methyl sites for hydroxylation is 1. The van der Waals surface area contributed by atoms with Crippen LogP contribution in [0.1, 0.15) is 34.1 Å². The Bertz CT molecular complexity index is 603. The van der Waals surface area contributed by atoms with E-state index in [1.807, 2.05) is 17.2 Å². The highest BCUT2D eigenvalue weighted by Gasteiger charge is 2.34. The lowest BCUT2D eigenvalue weighted by Gasteiger charge is -2.20. The lowest BCUT2D eigenvalue weighted by Crippen LogP contribution is -2.32. The average Bonchev–Trinajstić information content (AvgIpc) is 3.00. The van der Waals surface area contributed by atoms with Crippen LogP contribution in [0, 0.1) is 6.92 Å². The lowest BCUT2D eigenvalue weighted by atomic mass is 10.3. The van der Waals surface area contributed by atoms with E-state index in [0.717, 1.165) is 23.5 Å². The van der Waals surface area contributed by atoms with Crippen LogP contribution in [0.2, 0.25) is 0 Å². The second-order valence-corrected chi connectivity index (χ2v) is 6.47. The van der Waals surface area contributed by atoms with Crippen LogP contribution in [0.3, 0.4) is 0 Å². The highest BCUT2D eigenvalue weighted by Crippen LogP contribution is 2.30. The number of thiazole rings is 1. The van der Waals surface area contributed by atoms with Gasteiger partial charge in [0.05, 0.1) is 17.2 Å². The van der Waals surface area contributed by atoms with Crippen LogP contribution >= 0.6 is 27.3 Å². The Morgan fingerprint density at radius 1 is 1.58 bits per heavy atom. The van der Waals surface area contributed by atoms with E-state index in [1.165, 1.54) is 0 Å². The zero-order valence-electron chi connectivity index (χ0n) is 10.4. The van der Waals surface area contributed by atoms with Gasteiger partial charge in [0.1, 0.15) is 0 Å². The number of aromatic nitrogens is 1. The molecule has 2 aromatic heterocycles. The lowest BCUT2D eigenvalue weighted by molar-refractivity contribution is 0.0694. The van der Waals surface area contributed by atoms with Crippen molar-refractivity contribution in [2.45, 2.75) is 32.4 Å². The van der Waals surface area contributed by atoms with Gasteiger partial charge in [0.2, 0.25) is 0 Å². The molecule has 1 aliphatic rings. The first-order valence-corrected chi connectivity index (χ1v) is 7.78. The monoisotopic (exact) mass is 340 g/mol. The number of carbonyl (C=O) groups is 1. The van der Waals surface area contributed by atoms with Crippen molar-refractivity contribution in [2.24, 2.45) is 0 Å². The molecule has 1 aliphatic carbocycles. The minimum atomic E-state index is -0.0566. The van der Waals surface area contributed by atoms with E-state index < -0.39 is 0 Å². The maximum atomic E-state index is 12.4. The molecule has 19 heavy (non-hydrogen) atoms. The minimum Gasteiger partial charge on any atom is -0.444 e. The molecule has 2 aromatic rings. The highest BCUT2D eigenvalue weighted by atomic mass is 79.9. The topological polar surface area (TPSA) is 46.3 Å². The molecule has 0 aromatic carbocycles. The van der Waals surface area contributed by atoms with Crippen molar-refractivity contribution in [3.8, 4) is 0 Å². The fourth-order valence-corrected chi connectivity index (χ4v) is 2.89. The maximum Gasteiger partial charge on any atom is 0.290 e. The van der Waals surface area contributed by atoms with Crippen LogP contribution in [0.15, 0.2) is 26.6 Å². The minimum absolute atomic E-state index is 0.0566. The predicted octanol–water partition coefficient (Wildman–Crippen LogP) is 3.61. The summed E-state index contributed by atoms with van der Waals surface area (Å²) in [5, 5.41) is 3.04. The number of carbonyl (C=O) groups excluding carboxylic acids is 1. The van der Waals surface area contributed by atoms with Gasteiger partial charge >= 0.3 is 0 Å². The highest BCUT2D eigenvalue weighted by molar-refractivity contribution is 9.10. The molecule has 0 unspecified atom stereocenters. The number of hydrogen-bond acceptors (Lipinski definition) is 4. The Morgan fingerprint density at radius 3 is 2.89 bits per heavy atom. The largest absolute Gasteiger partial charge is 0.444 e. The molecule has 0 bridgehead atoms. The molecule has 2 heterocycles. The first-order valence-electron chi connectivity index (χ1n) is 6.11. The van der Waals surface area contributed by atoms with Gasteiger partial charge in [-0.2, -0.15) is 0 Å². The van der Waals surface area contributed by atoms with Crippen molar-refractivity contribution in [2.75, 3.05) is 0 Å². The molecule has 1 saturated carbocycles. The van der Waals surface area contributed by atoms with Gasteiger partial charge in [-0.1, -0.05) is 0 Å². The molecule has 1 fully saturated rings. The summed E-state index contributed by atoms with van der Waals surface area (Å²) < 4.78 is 5.93. The van der Waals surface area contributed by atoms with E-state index in [1.54, 1.807) is 23.5 Å². The summed E-state index contributed by atoms with van der Waals surface area (Å²) in [6.07, 6.45) is 2.13. The standard InChI is InChI=1S/C13H13BrN2O2S/c1-8-15-9(7-19-8)6-16(10-2-3-10)13(17)11-4-5-12(14)18-11/h4-5,7,10H,2-3,6H2,1H3. The van der Waals surface area contributed by atoms with Gasteiger partial charge in [-0.3, -0.25) is 4.79 Å². The molecule has 4 nitrogen and oxygen atoms in total. The number of nitrogens with zero attached hydrogens (tertiary/aromatic N) is 2. The first-order chi connectivity index (χ1) is 9.13. The number of halogens is 1. The van der Waals surface area contributed by atoms with Crippen LogP contribution in [0.25, 0.3) is 0 Å². The summed E-state index contributed by atoms with van der Waals surface area (Å²) in [4.78, 5) is 18.7. The van der Waals surface area contributed by atoms with Crippen molar-refractivity contribution in [1.29, 1.82) is 0 Å². The molecule has 1 amide bonds. The molecule has 0 N–H and O–H groups in total. The van der Waals surface area contributed by atoms with Gasteiger partial charge in [-0.15, -0.1) is 11.3 Å². The summed E-state index contributed by atoms with van der Waals surface area (Å²) in [6, 6.07) is 3.78. The summed E-state index contributed by atoms with van der Waals surface area (Å²) in [7, 11) is 0. The van der Waals surface area contributed by atoms with Gasteiger partial charge in [0, 0.05) is 11.4 Å². The Kier molecular flexibility index (Phi) is 3.45. The smallest absolute Gasteiger partial charge is 0.290 e. The summed E-state index contributed by atoms with van der Waals surface area (Å²) in [5.74, 6) is 0.324. The van der Waals surface area contributed by atoms with Crippen LogP contribution in [0.4, 0.5) is 0 Å². The number of furan rings is 1. The number of rotatable bonds is 4. The summed E-state index contributed by atoms with van der Waals surface area (Å²) in [5.41, 5.74) is 0.952. The Labute approximate surface area is 123 Å². The molecular formula is C13H13BrN2O2S. The maximum absolute atomic E-state index is 12.4. The predicted molar refractivity (Wildman–Crippen MR) is 76.2 cm³/mol. The van der Waals surface area contributed by atoms with Crippen LogP contribution in [0.5, 0.6) is 0 Å². The molecule has 100 valence electrons. The van der Waals surface area contributed by atoms with Gasteiger partial charge in [-0.25, -0.2) is 4.98 Å². The Balaban J connectivity index is 1.79. The van der Waals surface area contributed by atoms with E-state index in [9.17, 15) is 4.79 Å². The fourth-order valence-electron chi connectivity index (χ4n) is 1.98. The quantitative estimate of drug-likeness (QED) is 0.853. The zero-order chi connectivity index (χ0) is 13.4. The molecule has 3 rings (SSSR count). The molecule has 0 radical (unpaired) electrons. The van der Waals surface area contributed by atoms with E-state index in [0.29, 0.717) is 23.0 Å². The van der Waals surface area contributed by atoms with Gasteiger partial charge in [-0.05, 0) is 47.8 Å². The van der Waals surface area contributed by atoms with Crippen LogP contribution in [-0.2, 0) is 6.54 Å². The SMILES string of the molecule is Cc1nc(CN(C(=O)c2ccc(Br)o2)C2CC2)cs1. The first kappa shape index (κ1) is 12.9. The molecule has 0 atom stereocenters. The van der Waals surface area contributed by atoms with Crippen LogP contribution in [-0.4, -0.2) is 21.8 Å². The van der Waals surface area contributed by atoms with Crippen molar-refractivity contribution < 1.29 is 9.21 Å². The van der Waals surface area contributed by atoms with Crippen molar-refractivity contribution >= 4 is 33.2 Å². The third-order valence-corrected chi connectivity index (χ3v) is 4.28. The number of amides is 1. The van der Waals surface area contributed by atoms with Gasteiger partial charge < -0.3 is 9.32 Å². The van der Waals surface area contributed by atoms with Crippen molar-refractivity contribution in [1.82, 2.24) is 9.88 Å². The average molecular weight is 341 g/mol. The van der Waals surface area contributed by atoms with Gasteiger partial charge in [0.15, 0.2) is 10.4 Å². The molecule has 0 aliphatic heterocycles. The molecule has 6 heteroatoms. The second-order valence-electron chi connectivity index (χ2n) is 4.63. The summed E-state index contributed by atoms with van der Waals surface area (Å²) >= 11 is 4.83. The second kappa shape index (κ2) is 5.09. The van der Waals surface area contributed by atoms with E-state index in [2.05, 4.69) is 20.9 Å². The summed E-state index contributed by atoms with van der Waals surface area (Å²) in [6.45, 7) is 2.53. The number of hydrogen-bond donors (Lipinski definition) is 0.